The predicted molar refractivity (Wildman–Crippen MR) is 78.6 cm³/mol. The Morgan fingerprint density at radius 1 is 1.55 bits per heavy atom. The molecule has 20 heavy (non-hydrogen) atoms. The molecule has 1 heterocycles. The van der Waals surface area contributed by atoms with Crippen molar-refractivity contribution in [1.82, 2.24) is 4.31 Å². The van der Waals surface area contributed by atoms with Crippen molar-refractivity contribution in [2.24, 2.45) is 11.1 Å². The average molecular weight is 342 g/mol. The summed E-state index contributed by atoms with van der Waals surface area (Å²) in [5.74, 6) is 0. The number of sulfonamides is 1. The van der Waals surface area contributed by atoms with Crippen LogP contribution in [0, 0.1) is 15.5 Å². The van der Waals surface area contributed by atoms with Crippen LogP contribution in [0.15, 0.2) is 10.3 Å². The van der Waals surface area contributed by atoms with E-state index in [-0.39, 0.29) is 15.1 Å². The third-order valence-electron chi connectivity index (χ3n) is 2.71. The maximum Gasteiger partial charge on any atom is 0.300 e. The fraction of sp³-hybridized carbons (Fsp3) is 0.600. The van der Waals surface area contributed by atoms with Crippen LogP contribution in [0.1, 0.15) is 13.8 Å². The lowest BCUT2D eigenvalue weighted by Crippen LogP contribution is -2.39. The number of nitrogens with two attached hydrogens (primary N) is 1. The Labute approximate surface area is 126 Å². The van der Waals surface area contributed by atoms with E-state index in [0.29, 0.717) is 17.9 Å². The van der Waals surface area contributed by atoms with Gasteiger partial charge in [-0.05, 0) is 12.0 Å². The monoisotopic (exact) mass is 341 g/mol. The number of thiophene rings is 1. The fourth-order valence-electron chi connectivity index (χ4n) is 1.50. The molecule has 0 radical (unpaired) electrons. The Balaban J connectivity index is 3.11. The van der Waals surface area contributed by atoms with Crippen molar-refractivity contribution in [3.8, 4) is 0 Å². The lowest BCUT2D eigenvalue weighted by Gasteiger charge is -2.27. The molecule has 1 aromatic rings. The van der Waals surface area contributed by atoms with Gasteiger partial charge in [0.25, 0.3) is 15.7 Å². The molecular formula is C10H16ClN3O4S2. The number of nitro groups is 1. The van der Waals surface area contributed by atoms with Gasteiger partial charge < -0.3 is 5.73 Å². The Kier molecular flexibility index (Phi) is 5.14. The molecule has 0 aromatic carbocycles. The first-order valence-electron chi connectivity index (χ1n) is 5.61. The highest BCUT2D eigenvalue weighted by molar-refractivity contribution is 7.91. The van der Waals surface area contributed by atoms with Crippen LogP contribution >= 0.6 is 22.9 Å². The molecule has 2 N–H and O–H groups in total. The molecule has 1 rings (SSSR count). The molecule has 0 aliphatic heterocycles. The Hall–Kier alpha value is -0.740. The van der Waals surface area contributed by atoms with Gasteiger partial charge in [-0.25, -0.2) is 8.42 Å². The van der Waals surface area contributed by atoms with Crippen LogP contribution < -0.4 is 5.73 Å². The molecule has 7 nitrogen and oxygen atoms in total. The van der Waals surface area contributed by atoms with E-state index in [1.165, 1.54) is 7.05 Å². The summed E-state index contributed by atoms with van der Waals surface area (Å²) in [6.07, 6.45) is 0. The molecule has 1 aromatic heterocycles. The van der Waals surface area contributed by atoms with E-state index in [9.17, 15) is 18.5 Å². The maximum absolute atomic E-state index is 12.3. The average Bonchev–Trinajstić information content (AvgIpc) is 2.71. The van der Waals surface area contributed by atoms with Gasteiger partial charge in [0, 0.05) is 19.7 Å². The molecular weight excluding hydrogens is 326 g/mol. The number of rotatable bonds is 6. The van der Waals surface area contributed by atoms with E-state index in [1.807, 2.05) is 13.8 Å². The summed E-state index contributed by atoms with van der Waals surface area (Å²) >= 11 is 6.36. The molecule has 0 aliphatic rings. The van der Waals surface area contributed by atoms with Gasteiger partial charge in [-0.15, -0.1) is 11.3 Å². The summed E-state index contributed by atoms with van der Waals surface area (Å²) in [7, 11) is -2.40. The smallest absolute Gasteiger partial charge is 0.300 e. The Morgan fingerprint density at radius 3 is 2.50 bits per heavy atom. The van der Waals surface area contributed by atoms with Crippen LogP contribution in [0.5, 0.6) is 0 Å². The molecule has 0 spiro atoms. The Bertz CT molecular complexity index is 612. The molecule has 10 heteroatoms. The number of hydrogen-bond acceptors (Lipinski definition) is 6. The fourth-order valence-corrected chi connectivity index (χ4v) is 4.73. The summed E-state index contributed by atoms with van der Waals surface area (Å²) in [5, 5.41) is 10.7. The first-order valence-corrected chi connectivity index (χ1v) is 8.25. The lowest BCUT2D eigenvalue weighted by molar-refractivity contribution is -0.384. The standard InChI is InChI=1S/C10H16ClN3O4S2/c1-10(2,5-12)6-13(3)20(17,18)8-4-7(14(15)16)9(11)19-8/h4H,5-6,12H2,1-3H3. The first-order chi connectivity index (χ1) is 9.01. The van der Waals surface area contributed by atoms with E-state index in [1.54, 1.807) is 0 Å². The molecule has 0 saturated heterocycles. The van der Waals surface area contributed by atoms with Crippen molar-refractivity contribution < 1.29 is 13.3 Å². The van der Waals surface area contributed by atoms with Crippen molar-refractivity contribution >= 4 is 38.6 Å². The second kappa shape index (κ2) is 5.94. The second-order valence-corrected chi connectivity index (χ2v) is 9.04. The minimum Gasteiger partial charge on any atom is -0.330 e. The topological polar surface area (TPSA) is 107 Å². The summed E-state index contributed by atoms with van der Waals surface area (Å²) in [6.45, 7) is 4.19. The SMILES string of the molecule is CN(CC(C)(C)CN)S(=O)(=O)c1cc([N+](=O)[O-])c(Cl)s1. The highest BCUT2D eigenvalue weighted by Gasteiger charge is 2.31. The molecule has 0 atom stereocenters. The lowest BCUT2D eigenvalue weighted by atomic mass is 9.94. The van der Waals surface area contributed by atoms with Crippen LogP contribution in [0.25, 0.3) is 0 Å². The molecule has 114 valence electrons. The van der Waals surface area contributed by atoms with Crippen molar-refractivity contribution in [2.75, 3.05) is 20.1 Å². The molecule has 0 unspecified atom stereocenters. The molecule has 0 aliphatic carbocycles. The van der Waals surface area contributed by atoms with Crippen molar-refractivity contribution in [2.45, 2.75) is 18.1 Å². The largest absolute Gasteiger partial charge is 0.330 e. The molecule has 0 fully saturated rings. The van der Waals surface area contributed by atoms with E-state index in [0.717, 1.165) is 10.4 Å². The first kappa shape index (κ1) is 17.3. The van der Waals surface area contributed by atoms with Gasteiger partial charge in [-0.1, -0.05) is 25.4 Å². The zero-order valence-electron chi connectivity index (χ0n) is 11.3. The number of nitrogens with zero attached hydrogens (tertiary/aromatic N) is 2. The summed E-state index contributed by atoms with van der Waals surface area (Å²) in [6, 6.07) is 0.980. The van der Waals surface area contributed by atoms with Crippen LogP contribution in [0.2, 0.25) is 4.34 Å². The molecule has 0 bridgehead atoms. The van der Waals surface area contributed by atoms with Gasteiger partial charge in [-0.2, -0.15) is 4.31 Å². The van der Waals surface area contributed by atoms with Crippen LogP contribution in [0.3, 0.4) is 0 Å². The normalized spacial score (nSPS) is 12.9. The van der Waals surface area contributed by atoms with E-state index in [4.69, 9.17) is 17.3 Å². The van der Waals surface area contributed by atoms with E-state index >= 15 is 0 Å². The highest BCUT2D eigenvalue weighted by Crippen LogP contribution is 2.37. The van der Waals surface area contributed by atoms with Gasteiger partial charge in [0.2, 0.25) is 0 Å². The second-order valence-electron chi connectivity index (χ2n) is 5.11. The zero-order chi connectivity index (χ0) is 15.7. The highest BCUT2D eigenvalue weighted by atomic mass is 35.5. The third-order valence-corrected chi connectivity index (χ3v) is 6.30. The molecule has 0 amide bonds. The van der Waals surface area contributed by atoms with Gasteiger partial charge in [0.05, 0.1) is 4.92 Å². The van der Waals surface area contributed by atoms with Gasteiger partial charge >= 0.3 is 0 Å². The predicted octanol–water partition coefficient (Wildman–Crippen LogP) is 1.92. The molecule has 0 saturated carbocycles. The summed E-state index contributed by atoms with van der Waals surface area (Å²) < 4.78 is 25.5. The Morgan fingerprint density at radius 2 is 2.10 bits per heavy atom. The van der Waals surface area contributed by atoms with E-state index < -0.39 is 26.0 Å². The number of hydrogen-bond donors (Lipinski definition) is 1. The quantitative estimate of drug-likeness (QED) is 0.628. The van der Waals surface area contributed by atoms with Crippen LogP contribution in [0.4, 0.5) is 5.69 Å². The number of halogens is 1. The minimum absolute atomic E-state index is 0.149. The zero-order valence-corrected chi connectivity index (χ0v) is 13.7. The summed E-state index contributed by atoms with van der Waals surface area (Å²) in [4.78, 5) is 10.0. The van der Waals surface area contributed by atoms with Gasteiger partial charge in [0.15, 0.2) is 4.34 Å². The minimum atomic E-state index is -3.81. The van der Waals surface area contributed by atoms with Crippen molar-refractivity contribution in [1.29, 1.82) is 0 Å². The van der Waals surface area contributed by atoms with Crippen molar-refractivity contribution in [3.63, 3.8) is 0 Å². The van der Waals surface area contributed by atoms with Crippen molar-refractivity contribution in [3.05, 3.63) is 20.5 Å². The van der Waals surface area contributed by atoms with Crippen LogP contribution in [-0.2, 0) is 10.0 Å². The maximum atomic E-state index is 12.3. The third kappa shape index (κ3) is 3.67. The summed E-state index contributed by atoms with van der Waals surface area (Å²) in [5.41, 5.74) is 4.78. The van der Waals surface area contributed by atoms with Crippen LogP contribution in [-0.4, -0.2) is 37.8 Å². The van der Waals surface area contributed by atoms with Gasteiger partial charge in [-0.3, -0.25) is 10.1 Å². The van der Waals surface area contributed by atoms with E-state index in [2.05, 4.69) is 0 Å². The van der Waals surface area contributed by atoms with Gasteiger partial charge in [0.1, 0.15) is 4.21 Å².